The van der Waals surface area contributed by atoms with Crippen LogP contribution in [0.25, 0.3) is 10.9 Å². The molecule has 2 aromatic rings. The lowest BCUT2D eigenvalue weighted by molar-refractivity contribution is 0.0171. The van der Waals surface area contributed by atoms with Crippen molar-refractivity contribution in [3.63, 3.8) is 0 Å². The fraction of sp³-hybridized carbons (Fsp3) is 0.333. The molecule has 2 unspecified atom stereocenters. The van der Waals surface area contributed by atoms with Crippen LogP contribution in [0.4, 0.5) is 0 Å². The average molecular weight is 285 g/mol. The van der Waals surface area contributed by atoms with Gasteiger partial charge >= 0.3 is 5.69 Å². The second-order valence-electron chi connectivity index (χ2n) is 4.20. The minimum atomic E-state index is -1.13. The molecule has 7 heteroatoms. The Morgan fingerprint density at radius 1 is 1.21 bits per heavy atom. The molecule has 0 aliphatic heterocycles. The SMILES string of the molecule is O=c1[nH]c(=O)c2cc(C(O)C(O)CCCl)ccc2[nH]1. The molecule has 0 saturated carbocycles. The van der Waals surface area contributed by atoms with E-state index >= 15 is 0 Å². The molecule has 6 nitrogen and oxygen atoms in total. The van der Waals surface area contributed by atoms with Crippen molar-refractivity contribution < 1.29 is 10.2 Å². The minimum Gasteiger partial charge on any atom is -0.390 e. The molecule has 0 radical (unpaired) electrons. The van der Waals surface area contributed by atoms with Gasteiger partial charge in [0.25, 0.3) is 5.56 Å². The summed E-state index contributed by atoms with van der Waals surface area (Å²) in [6, 6.07) is 4.49. The van der Waals surface area contributed by atoms with Crippen LogP contribution >= 0.6 is 11.6 Å². The number of hydrogen-bond donors (Lipinski definition) is 4. The molecule has 1 heterocycles. The van der Waals surface area contributed by atoms with Crippen molar-refractivity contribution in [2.24, 2.45) is 0 Å². The predicted molar refractivity (Wildman–Crippen MR) is 71.5 cm³/mol. The van der Waals surface area contributed by atoms with Crippen molar-refractivity contribution in [3.8, 4) is 0 Å². The molecule has 1 aromatic carbocycles. The zero-order chi connectivity index (χ0) is 14.0. The number of halogens is 1. The Kier molecular flexibility index (Phi) is 4.04. The smallest absolute Gasteiger partial charge is 0.326 e. The molecule has 0 aliphatic carbocycles. The van der Waals surface area contributed by atoms with Crippen LogP contribution in [0.15, 0.2) is 27.8 Å². The van der Waals surface area contributed by atoms with E-state index in [0.717, 1.165) is 0 Å². The van der Waals surface area contributed by atoms with Gasteiger partial charge in [0.15, 0.2) is 0 Å². The van der Waals surface area contributed by atoms with Gasteiger partial charge in [0.1, 0.15) is 6.10 Å². The van der Waals surface area contributed by atoms with Crippen LogP contribution in [0.1, 0.15) is 18.1 Å². The highest BCUT2D eigenvalue weighted by molar-refractivity contribution is 6.17. The second kappa shape index (κ2) is 5.56. The molecule has 0 saturated heterocycles. The Morgan fingerprint density at radius 2 is 1.95 bits per heavy atom. The van der Waals surface area contributed by atoms with Crippen LogP contribution in [0, 0.1) is 0 Å². The van der Waals surface area contributed by atoms with Gasteiger partial charge in [0, 0.05) is 5.88 Å². The highest BCUT2D eigenvalue weighted by atomic mass is 35.5. The van der Waals surface area contributed by atoms with Crippen LogP contribution in [0.2, 0.25) is 0 Å². The molecular weight excluding hydrogens is 272 g/mol. The fourth-order valence-electron chi connectivity index (χ4n) is 1.86. The van der Waals surface area contributed by atoms with Crippen molar-refractivity contribution in [2.45, 2.75) is 18.6 Å². The number of H-pyrrole nitrogens is 2. The highest BCUT2D eigenvalue weighted by Gasteiger charge is 2.18. The number of aliphatic hydroxyl groups is 2. The Morgan fingerprint density at radius 3 is 2.63 bits per heavy atom. The van der Waals surface area contributed by atoms with Crippen LogP contribution in [-0.2, 0) is 0 Å². The van der Waals surface area contributed by atoms with E-state index < -0.39 is 23.5 Å². The van der Waals surface area contributed by atoms with E-state index in [0.29, 0.717) is 11.1 Å². The summed E-state index contributed by atoms with van der Waals surface area (Å²) in [5.74, 6) is 0.222. The van der Waals surface area contributed by atoms with Crippen molar-refractivity contribution in [3.05, 3.63) is 44.6 Å². The maximum Gasteiger partial charge on any atom is 0.326 e. The molecule has 2 rings (SSSR count). The molecule has 0 fully saturated rings. The number of alkyl halides is 1. The second-order valence-corrected chi connectivity index (χ2v) is 4.58. The molecular formula is C12H13ClN2O4. The van der Waals surface area contributed by atoms with Crippen LogP contribution in [0.3, 0.4) is 0 Å². The first kappa shape index (κ1) is 13.8. The quantitative estimate of drug-likeness (QED) is 0.603. The van der Waals surface area contributed by atoms with E-state index in [1.165, 1.54) is 12.1 Å². The lowest BCUT2D eigenvalue weighted by Gasteiger charge is -2.17. The first-order valence-electron chi connectivity index (χ1n) is 5.71. The van der Waals surface area contributed by atoms with E-state index in [1.54, 1.807) is 6.07 Å². The number of benzene rings is 1. The van der Waals surface area contributed by atoms with E-state index in [4.69, 9.17) is 11.6 Å². The van der Waals surface area contributed by atoms with Crippen molar-refractivity contribution >= 4 is 22.5 Å². The van der Waals surface area contributed by atoms with Gasteiger partial charge in [-0.1, -0.05) is 6.07 Å². The zero-order valence-corrected chi connectivity index (χ0v) is 10.6. The largest absolute Gasteiger partial charge is 0.390 e. The third kappa shape index (κ3) is 2.86. The Labute approximate surface area is 112 Å². The molecule has 0 bridgehead atoms. The number of nitrogens with one attached hydrogen (secondary N) is 2. The summed E-state index contributed by atoms with van der Waals surface area (Å²) >= 11 is 5.50. The lowest BCUT2D eigenvalue weighted by atomic mass is 10.0. The Bertz CT molecular complexity index is 694. The number of rotatable bonds is 4. The molecule has 4 N–H and O–H groups in total. The summed E-state index contributed by atoms with van der Waals surface area (Å²) in [6.45, 7) is 0. The van der Waals surface area contributed by atoms with Crippen molar-refractivity contribution in [1.82, 2.24) is 9.97 Å². The van der Waals surface area contributed by atoms with Gasteiger partial charge in [-0.05, 0) is 24.1 Å². The molecule has 0 aliphatic rings. The zero-order valence-electron chi connectivity index (χ0n) is 9.89. The van der Waals surface area contributed by atoms with E-state index in [9.17, 15) is 19.8 Å². The maximum atomic E-state index is 11.6. The van der Waals surface area contributed by atoms with Gasteiger partial charge in [0.05, 0.1) is 17.0 Å². The van der Waals surface area contributed by atoms with E-state index in [-0.39, 0.29) is 17.7 Å². The summed E-state index contributed by atoms with van der Waals surface area (Å²) in [5.41, 5.74) is -0.369. The summed E-state index contributed by atoms with van der Waals surface area (Å²) in [4.78, 5) is 27.3. The van der Waals surface area contributed by atoms with Gasteiger partial charge in [-0.25, -0.2) is 4.79 Å². The first-order chi connectivity index (χ1) is 9.02. The van der Waals surface area contributed by atoms with Gasteiger partial charge < -0.3 is 15.2 Å². The van der Waals surface area contributed by atoms with Crippen molar-refractivity contribution in [1.29, 1.82) is 0 Å². The summed E-state index contributed by atoms with van der Waals surface area (Å²) in [5, 5.41) is 19.9. The van der Waals surface area contributed by atoms with Crippen molar-refractivity contribution in [2.75, 3.05) is 5.88 Å². The molecule has 102 valence electrons. The third-order valence-electron chi connectivity index (χ3n) is 2.87. The minimum absolute atomic E-state index is 0.222. The number of aliphatic hydroxyl groups excluding tert-OH is 2. The molecule has 1 aromatic heterocycles. The topological polar surface area (TPSA) is 106 Å². The van der Waals surface area contributed by atoms with Gasteiger partial charge in [-0.2, -0.15) is 0 Å². The molecule has 0 spiro atoms. The molecule has 19 heavy (non-hydrogen) atoms. The van der Waals surface area contributed by atoms with Gasteiger partial charge in [-0.3, -0.25) is 9.78 Å². The first-order valence-corrected chi connectivity index (χ1v) is 6.24. The van der Waals surface area contributed by atoms with Crippen LogP contribution in [0.5, 0.6) is 0 Å². The fourth-order valence-corrected chi connectivity index (χ4v) is 2.08. The van der Waals surface area contributed by atoms with Crippen LogP contribution in [-0.4, -0.2) is 32.2 Å². The standard InChI is InChI=1S/C12H13ClN2O4/c13-4-3-9(16)10(17)6-1-2-8-7(5-6)11(18)15-12(19)14-8/h1-2,5,9-10,16-17H,3-4H2,(H2,14,15,18,19). The maximum absolute atomic E-state index is 11.6. The predicted octanol–water partition coefficient (Wildman–Crippen LogP) is 0.240. The summed E-state index contributed by atoms with van der Waals surface area (Å²) < 4.78 is 0. The number of fused-ring (bicyclic) bond motifs is 1. The number of aromatic nitrogens is 2. The summed E-state index contributed by atoms with van der Waals surface area (Å²) in [7, 11) is 0. The van der Waals surface area contributed by atoms with Gasteiger partial charge in [0.2, 0.25) is 0 Å². The van der Waals surface area contributed by atoms with E-state index in [1.807, 2.05) is 0 Å². The number of aromatic amines is 2. The monoisotopic (exact) mass is 284 g/mol. The Balaban J connectivity index is 2.47. The third-order valence-corrected chi connectivity index (χ3v) is 3.09. The van der Waals surface area contributed by atoms with E-state index in [2.05, 4.69) is 9.97 Å². The normalized spacial score (nSPS) is 14.5. The molecule has 0 amide bonds. The lowest BCUT2D eigenvalue weighted by Crippen LogP contribution is -2.23. The summed E-state index contributed by atoms with van der Waals surface area (Å²) in [6.07, 6.45) is -1.89. The Hall–Kier alpha value is -1.63. The van der Waals surface area contributed by atoms with Gasteiger partial charge in [-0.15, -0.1) is 11.6 Å². The number of hydrogen-bond acceptors (Lipinski definition) is 4. The van der Waals surface area contributed by atoms with Crippen LogP contribution < -0.4 is 11.2 Å². The average Bonchev–Trinajstić information content (AvgIpc) is 2.37. The highest BCUT2D eigenvalue weighted by Crippen LogP contribution is 2.21. The molecule has 2 atom stereocenters.